The van der Waals surface area contributed by atoms with Crippen LogP contribution >= 0.6 is 11.8 Å². The van der Waals surface area contributed by atoms with Crippen molar-refractivity contribution in [3.63, 3.8) is 0 Å². The molecule has 0 saturated heterocycles. The monoisotopic (exact) mass is 237 g/mol. The quantitative estimate of drug-likeness (QED) is 0.514. The Morgan fingerprint density at radius 3 is 2.56 bits per heavy atom. The van der Waals surface area contributed by atoms with Gasteiger partial charge in [-0.2, -0.15) is 5.26 Å². The van der Waals surface area contributed by atoms with Gasteiger partial charge >= 0.3 is 0 Å². The molecule has 0 N–H and O–H groups in total. The highest BCUT2D eigenvalue weighted by Crippen LogP contribution is 2.00. The first-order valence-corrected chi connectivity index (χ1v) is 6.12. The second-order valence-electron chi connectivity index (χ2n) is 3.09. The van der Waals surface area contributed by atoms with Gasteiger partial charge < -0.3 is 9.47 Å². The summed E-state index contributed by atoms with van der Waals surface area (Å²) in [6.07, 6.45) is 0. The van der Waals surface area contributed by atoms with E-state index in [9.17, 15) is 0 Å². The smallest absolute Gasteiger partial charge is 0.133 e. The summed E-state index contributed by atoms with van der Waals surface area (Å²) >= 11 is 1.21. The predicted octanol–water partition coefficient (Wildman–Crippen LogP) is 2.43. The number of nitriles is 1. The Kier molecular flexibility index (Phi) is 7.52. The van der Waals surface area contributed by atoms with Crippen molar-refractivity contribution in [3.8, 4) is 5.40 Å². The Morgan fingerprint density at radius 1 is 1.06 bits per heavy atom. The van der Waals surface area contributed by atoms with E-state index in [2.05, 4.69) is 0 Å². The van der Waals surface area contributed by atoms with E-state index in [1.54, 1.807) is 0 Å². The number of hydrogen-bond donors (Lipinski definition) is 0. The van der Waals surface area contributed by atoms with Crippen molar-refractivity contribution in [3.05, 3.63) is 35.9 Å². The minimum absolute atomic E-state index is 0.582. The number of rotatable bonds is 8. The van der Waals surface area contributed by atoms with E-state index in [1.807, 2.05) is 35.7 Å². The van der Waals surface area contributed by atoms with Crippen LogP contribution in [-0.2, 0) is 16.1 Å². The van der Waals surface area contributed by atoms with Gasteiger partial charge in [-0.25, -0.2) is 0 Å². The van der Waals surface area contributed by atoms with Crippen LogP contribution < -0.4 is 0 Å². The lowest BCUT2D eigenvalue weighted by Crippen LogP contribution is -2.06. The molecule has 86 valence electrons. The molecule has 0 atom stereocenters. The standard InChI is InChI=1S/C12H15NO2S/c13-11-16-9-8-14-6-7-15-10-12-4-2-1-3-5-12/h1-5H,6-10H2. The normalized spacial score (nSPS) is 9.94. The Labute approximate surface area is 100 Å². The molecule has 0 fully saturated rings. The van der Waals surface area contributed by atoms with Gasteiger partial charge in [0.05, 0.1) is 26.4 Å². The van der Waals surface area contributed by atoms with E-state index in [0.29, 0.717) is 26.4 Å². The molecule has 1 aromatic carbocycles. The lowest BCUT2D eigenvalue weighted by molar-refractivity contribution is 0.0462. The number of benzene rings is 1. The maximum Gasteiger partial charge on any atom is 0.133 e. The molecule has 0 aromatic heterocycles. The summed E-state index contributed by atoms with van der Waals surface area (Å²) in [6, 6.07) is 10.0. The van der Waals surface area contributed by atoms with E-state index in [-0.39, 0.29) is 0 Å². The average molecular weight is 237 g/mol. The van der Waals surface area contributed by atoms with Gasteiger partial charge in [-0.15, -0.1) is 0 Å². The molecular weight excluding hydrogens is 222 g/mol. The molecule has 0 saturated carbocycles. The average Bonchev–Trinajstić information content (AvgIpc) is 2.34. The zero-order valence-electron chi connectivity index (χ0n) is 9.09. The third-order valence-corrected chi connectivity index (χ3v) is 2.38. The van der Waals surface area contributed by atoms with E-state index in [4.69, 9.17) is 14.7 Å². The van der Waals surface area contributed by atoms with Gasteiger partial charge in [0.1, 0.15) is 5.40 Å². The minimum Gasteiger partial charge on any atom is -0.378 e. The second kappa shape index (κ2) is 9.22. The molecular formula is C12H15NO2S. The summed E-state index contributed by atoms with van der Waals surface area (Å²) in [5.41, 5.74) is 1.17. The third kappa shape index (κ3) is 6.46. The molecule has 1 rings (SSSR count). The van der Waals surface area contributed by atoms with Gasteiger partial charge in [0.25, 0.3) is 0 Å². The Bertz CT molecular complexity index is 311. The summed E-state index contributed by atoms with van der Waals surface area (Å²) in [7, 11) is 0. The molecule has 0 aliphatic heterocycles. The van der Waals surface area contributed by atoms with E-state index in [0.717, 1.165) is 5.75 Å². The number of ether oxygens (including phenoxy) is 2. The fourth-order valence-corrected chi connectivity index (χ4v) is 1.42. The minimum atomic E-state index is 0.582. The van der Waals surface area contributed by atoms with Crippen molar-refractivity contribution in [2.75, 3.05) is 25.6 Å². The third-order valence-electron chi connectivity index (χ3n) is 1.88. The van der Waals surface area contributed by atoms with Gasteiger partial charge in [-0.05, 0) is 17.3 Å². The van der Waals surface area contributed by atoms with Crippen molar-refractivity contribution in [2.24, 2.45) is 0 Å². The van der Waals surface area contributed by atoms with Gasteiger partial charge in [-0.3, -0.25) is 0 Å². The van der Waals surface area contributed by atoms with Crippen LogP contribution in [0, 0.1) is 10.7 Å². The molecule has 0 bridgehead atoms. The molecule has 0 spiro atoms. The topological polar surface area (TPSA) is 42.2 Å². The Balaban J connectivity index is 1.91. The number of thioether (sulfide) groups is 1. The first-order valence-electron chi connectivity index (χ1n) is 5.14. The van der Waals surface area contributed by atoms with Crippen LogP contribution in [0.3, 0.4) is 0 Å². The highest BCUT2D eigenvalue weighted by molar-refractivity contribution is 8.03. The molecule has 3 nitrogen and oxygen atoms in total. The summed E-state index contributed by atoms with van der Waals surface area (Å²) < 4.78 is 10.7. The van der Waals surface area contributed by atoms with Gasteiger partial charge in [0.2, 0.25) is 0 Å². The summed E-state index contributed by atoms with van der Waals surface area (Å²) in [4.78, 5) is 0. The van der Waals surface area contributed by atoms with Crippen LogP contribution in [0.1, 0.15) is 5.56 Å². The molecule has 1 aromatic rings. The fourth-order valence-electron chi connectivity index (χ4n) is 1.13. The van der Waals surface area contributed by atoms with Gasteiger partial charge in [0, 0.05) is 5.75 Å². The van der Waals surface area contributed by atoms with Crippen molar-refractivity contribution in [1.29, 1.82) is 5.26 Å². The Hall–Kier alpha value is -1.02. The summed E-state index contributed by atoms with van der Waals surface area (Å²) in [5.74, 6) is 0.717. The highest BCUT2D eigenvalue weighted by Gasteiger charge is 1.92. The summed E-state index contributed by atoms with van der Waals surface area (Å²) in [6.45, 7) is 2.40. The molecule has 0 radical (unpaired) electrons. The van der Waals surface area contributed by atoms with E-state index < -0.39 is 0 Å². The maximum absolute atomic E-state index is 8.27. The molecule has 0 amide bonds. The lowest BCUT2D eigenvalue weighted by Gasteiger charge is -2.04. The largest absolute Gasteiger partial charge is 0.378 e. The number of thiocyanates is 1. The van der Waals surface area contributed by atoms with Gasteiger partial charge in [-0.1, -0.05) is 30.3 Å². The number of hydrogen-bond acceptors (Lipinski definition) is 4. The van der Waals surface area contributed by atoms with Crippen molar-refractivity contribution >= 4 is 11.8 Å². The predicted molar refractivity (Wildman–Crippen MR) is 65.0 cm³/mol. The van der Waals surface area contributed by atoms with E-state index in [1.165, 1.54) is 17.3 Å². The molecule has 16 heavy (non-hydrogen) atoms. The van der Waals surface area contributed by atoms with Crippen molar-refractivity contribution in [2.45, 2.75) is 6.61 Å². The molecule has 0 heterocycles. The molecule has 4 heteroatoms. The van der Waals surface area contributed by atoms with Crippen molar-refractivity contribution < 1.29 is 9.47 Å². The Morgan fingerprint density at radius 2 is 1.81 bits per heavy atom. The first kappa shape index (κ1) is 13.0. The zero-order valence-corrected chi connectivity index (χ0v) is 9.91. The zero-order chi connectivity index (χ0) is 11.5. The molecule has 0 aliphatic rings. The van der Waals surface area contributed by atoms with Crippen LogP contribution in [-0.4, -0.2) is 25.6 Å². The maximum atomic E-state index is 8.27. The molecule has 0 aliphatic carbocycles. The second-order valence-corrected chi connectivity index (χ2v) is 3.97. The van der Waals surface area contributed by atoms with Crippen molar-refractivity contribution in [1.82, 2.24) is 0 Å². The van der Waals surface area contributed by atoms with Crippen LogP contribution in [0.25, 0.3) is 0 Å². The van der Waals surface area contributed by atoms with Crippen LogP contribution in [0.15, 0.2) is 30.3 Å². The SMILES string of the molecule is N#CSCCOCCOCc1ccccc1. The van der Waals surface area contributed by atoms with Crippen LogP contribution in [0.2, 0.25) is 0 Å². The fraction of sp³-hybridized carbons (Fsp3) is 0.417. The summed E-state index contributed by atoms with van der Waals surface area (Å²) in [5, 5.41) is 10.3. The first-order chi connectivity index (χ1) is 7.93. The van der Waals surface area contributed by atoms with Crippen LogP contribution in [0.5, 0.6) is 0 Å². The van der Waals surface area contributed by atoms with E-state index >= 15 is 0 Å². The molecule has 0 unspecified atom stereocenters. The number of nitrogens with zero attached hydrogens (tertiary/aromatic N) is 1. The van der Waals surface area contributed by atoms with Gasteiger partial charge in [0.15, 0.2) is 0 Å². The lowest BCUT2D eigenvalue weighted by atomic mass is 10.2. The van der Waals surface area contributed by atoms with Crippen LogP contribution in [0.4, 0.5) is 0 Å². The highest BCUT2D eigenvalue weighted by atomic mass is 32.2.